The lowest BCUT2D eigenvalue weighted by molar-refractivity contribution is -0.118. The Morgan fingerprint density at radius 1 is 1.06 bits per heavy atom. The average molecular weight is 505 g/mol. The molecule has 0 radical (unpaired) electrons. The zero-order chi connectivity index (χ0) is 23.1. The van der Waals surface area contributed by atoms with Gasteiger partial charge in [0.25, 0.3) is 5.91 Å². The molecule has 2 N–H and O–H groups in total. The van der Waals surface area contributed by atoms with Gasteiger partial charge in [-0.25, -0.2) is 4.79 Å². The van der Waals surface area contributed by atoms with Crippen LogP contribution in [-0.4, -0.2) is 54.7 Å². The van der Waals surface area contributed by atoms with E-state index in [0.29, 0.717) is 33.0 Å². The Morgan fingerprint density at radius 3 is 2.53 bits per heavy atom. The van der Waals surface area contributed by atoms with E-state index in [2.05, 4.69) is 36.7 Å². The van der Waals surface area contributed by atoms with Crippen molar-refractivity contribution in [3.63, 3.8) is 0 Å². The lowest BCUT2D eigenvalue weighted by atomic mass is 10.1. The third kappa shape index (κ3) is 5.17. The molecule has 0 aliphatic rings. The van der Waals surface area contributed by atoms with Crippen molar-refractivity contribution in [1.29, 1.82) is 0 Å². The molecule has 168 valence electrons. The molecule has 2 aromatic carbocycles. The van der Waals surface area contributed by atoms with Crippen LogP contribution in [0.5, 0.6) is 17.2 Å². The Kier molecular flexibility index (Phi) is 7.66. The molecule has 1 heterocycles. The van der Waals surface area contributed by atoms with Gasteiger partial charge in [0, 0.05) is 10.0 Å². The second-order valence-corrected chi connectivity index (χ2v) is 7.12. The van der Waals surface area contributed by atoms with Crippen LogP contribution in [0.4, 0.5) is 5.69 Å². The zero-order valence-electron chi connectivity index (χ0n) is 17.6. The number of anilines is 1. The van der Waals surface area contributed by atoms with E-state index < -0.39 is 5.97 Å². The summed E-state index contributed by atoms with van der Waals surface area (Å²) in [6, 6.07) is 10.3. The maximum Gasteiger partial charge on any atom is 0.361 e. The molecule has 1 amide bonds. The van der Waals surface area contributed by atoms with Gasteiger partial charge >= 0.3 is 5.97 Å². The van der Waals surface area contributed by atoms with Gasteiger partial charge in [0.15, 0.2) is 23.8 Å². The van der Waals surface area contributed by atoms with Gasteiger partial charge in [0.1, 0.15) is 11.4 Å². The molecule has 0 aliphatic heterocycles. The van der Waals surface area contributed by atoms with Gasteiger partial charge in [0.2, 0.25) is 0 Å². The van der Waals surface area contributed by atoms with Crippen molar-refractivity contribution >= 4 is 33.5 Å². The van der Waals surface area contributed by atoms with Crippen molar-refractivity contribution in [2.24, 2.45) is 0 Å². The molecule has 3 rings (SSSR count). The number of carbonyl (C=O) groups is 2. The highest BCUT2D eigenvalue weighted by molar-refractivity contribution is 9.10. The lowest BCUT2D eigenvalue weighted by Gasteiger charge is -2.14. The number of nitrogens with one attached hydrogen (secondary N) is 2. The van der Waals surface area contributed by atoms with Crippen LogP contribution in [0.3, 0.4) is 0 Å². The number of hydrogen-bond donors (Lipinski definition) is 2. The fraction of sp³-hybridized carbons (Fsp3) is 0.238. The van der Waals surface area contributed by atoms with Gasteiger partial charge < -0.3 is 24.3 Å². The van der Waals surface area contributed by atoms with Crippen LogP contribution >= 0.6 is 15.9 Å². The number of methoxy groups -OCH3 is 2. The second kappa shape index (κ2) is 10.6. The van der Waals surface area contributed by atoms with Crippen molar-refractivity contribution in [3.05, 3.63) is 46.6 Å². The number of H-pyrrole nitrogens is 1. The molecule has 0 saturated heterocycles. The first-order valence-electron chi connectivity index (χ1n) is 9.49. The van der Waals surface area contributed by atoms with Crippen LogP contribution in [0.2, 0.25) is 0 Å². The topological polar surface area (TPSA) is 125 Å². The monoisotopic (exact) mass is 504 g/mol. The number of para-hydroxylation sites is 2. The molecular formula is C21H21BrN4O6. The molecule has 32 heavy (non-hydrogen) atoms. The number of halogens is 1. The zero-order valence-corrected chi connectivity index (χ0v) is 19.2. The molecule has 10 nitrogen and oxygen atoms in total. The van der Waals surface area contributed by atoms with Crippen LogP contribution < -0.4 is 19.5 Å². The van der Waals surface area contributed by atoms with Crippen LogP contribution in [-0.2, 0) is 9.53 Å². The van der Waals surface area contributed by atoms with Gasteiger partial charge in [-0.15, -0.1) is 5.10 Å². The van der Waals surface area contributed by atoms with E-state index in [1.165, 1.54) is 14.2 Å². The molecular weight excluding hydrogens is 484 g/mol. The van der Waals surface area contributed by atoms with Crippen LogP contribution in [0.15, 0.2) is 40.9 Å². The summed E-state index contributed by atoms with van der Waals surface area (Å²) < 4.78 is 21.9. The van der Waals surface area contributed by atoms with Gasteiger partial charge in [-0.1, -0.05) is 12.1 Å². The first kappa shape index (κ1) is 23.1. The minimum absolute atomic E-state index is 0.0412. The molecule has 1 aromatic heterocycles. The highest BCUT2D eigenvalue weighted by atomic mass is 79.9. The number of hydrogen-bond acceptors (Lipinski definition) is 8. The van der Waals surface area contributed by atoms with E-state index in [1.54, 1.807) is 43.3 Å². The number of amides is 1. The Bertz CT molecular complexity index is 1120. The SMILES string of the molecule is CCOC(=O)c1n[nH]nc1-c1cc(OC)c(OCC(=O)Nc2ccccc2OC)cc1Br. The summed E-state index contributed by atoms with van der Waals surface area (Å²) in [7, 11) is 2.98. The van der Waals surface area contributed by atoms with E-state index in [1.807, 2.05) is 0 Å². The summed E-state index contributed by atoms with van der Waals surface area (Å²) in [5.41, 5.74) is 1.39. The fourth-order valence-electron chi connectivity index (χ4n) is 2.83. The molecule has 0 atom stereocenters. The van der Waals surface area contributed by atoms with E-state index in [9.17, 15) is 9.59 Å². The predicted octanol–water partition coefficient (Wildman–Crippen LogP) is 3.45. The maximum atomic E-state index is 12.4. The van der Waals surface area contributed by atoms with E-state index in [0.717, 1.165) is 0 Å². The largest absolute Gasteiger partial charge is 0.495 e. The molecule has 0 bridgehead atoms. The van der Waals surface area contributed by atoms with E-state index >= 15 is 0 Å². The highest BCUT2D eigenvalue weighted by Gasteiger charge is 2.23. The van der Waals surface area contributed by atoms with Crippen molar-refractivity contribution < 1.29 is 28.5 Å². The van der Waals surface area contributed by atoms with Crippen LogP contribution in [0, 0.1) is 0 Å². The Morgan fingerprint density at radius 2 is 1.81 bits per heavy atom. The third-order valence-electron chi connectivity index (χ3n) is 4.26. The number of carbonyl (C=O) groups excluding carboxylic acids is 2. The van der Waals surface area contributed by atoms with Crippen molar-refractivity contribution in [1.82, 2.24) is 15.4 Å². The summed E-state index contributed by atoms with van der Waals surface area (Å²) in [4.78, 5) is 24.5. The number of aromatic amines is 1. The number of nitrogens with zero attached hydrogens (tertiary/aromatic N) is 2. The normalized spacial score (nSPS) is 10.4. The summed E-state index contributed by atoms with van der Waals surface area (Å²) in [5.74, 6) is 0.217. The first-order valence-corrected chi connectivity index (χ1v) is 10.3. The lowest BCUT2D eigenvalue weighted by Crippen LogP contribution is -2.20. The molecule has 0 spiro atoms. The Labute approximate surface area is 192 Å². The molecule has 0 saturated carbocycles. The third-order valence-corrected chi connectivity index (χ3v) is 4.92. The summed E-state index contributed by atoms with van der Waals surface area (Å²) in [6.45, 7) is 1.64. The Balaban J connectivity index is 1.78. The number of esters is 1. The molecule has 0 aliphatic carbocycles. The van der Waals surface area contributed by atoms with Gasteiger partial charge in [-0.05, 0) is 47.1 Å². The van der Waals surface area contributed by atoms with Gasteiger partial charge in [-0.2, -0.15) is 10.3 Å². The number of aromatic nitrogens is 3. The smallest absolute Gasteiger partial charge is 0.361 e. The minimum atomic E-state index is -0.601. The van der Waals surface area contributed by atoms with Crippen molar-refractivity contribution in [3.8, 4) is 28.5 Å². The van der Waals surface area contributed by atoms with Crippen LogP contribution in [0.25, 0.3) is 11.3 Å². The first-order chi connectivity index (χ1) is 15.5. The molecule has 11 heteroatoms. The quantitative estimate of drug-likeness (QED) is 0.424. The summed E-state index contributed by atoms with van der Waals surface area (Å²) in [6.07, 6.45) is 0. The number of ether oxygens (including phenoxy) is 4. The fourth-order valence-corrected chi connectivity index (χ4v) is 3.34. The minimum Gasteiger partial charge on any atom is -0.495 e. The van der Waals surface area contributed by atoms with E-state index in [4.69, 9.17) is 18.9 Å². The van der Waals surface area contributed by atoms with Gasteiger partial charge in [0.05, 0.1) is 26.5 Å². The molecule has 3 aromatic rings. The standard InChI is InChI=1S/C21H21BrN4O6/c1-4-31-21(28)20-19(24-26-25-20)12-9-16(30-3)17(10-13(12)22)32-11-18(27)23-14-7-5-6-8-15(14)29-2/h5-10H,4,11H2,1-3H3,(H,23,27)(H,24,25,26). The van der Waals surface area contributed by atoms with Gasteiger partial charge in [-0.3, -0.25) is 4.79 Å². The second-order valence-electron chi connectivity index (χ2n) is 6.26. The predicted molar refractivity (Wildman–Crippen MR) is 119 cm³/mol. The highest BCUT2D eigenvalue weighted by Crippen LogP contribution is 2.39. The molecule has 0 fully saturated rings. The summed E-state index contributed by atoms with van der Waals surface area (Å²) in [5, 5.41) is 13.1. The van der Waals surface area contributed by atoms with Crippen molar-refractivity contribution in [2.75, 3.05) is 32.8 Å². The Hall–Kier alpha value is -3.60. The van der Waals surface area contributed by atoms with Crippen LogP contribution in [0.1, 0.15) is 17.4 Å². The summed E-state index contributed by atoms with van der Waals surface area (Å²) >= 11 is 3.45. The number of benzene rings is 2. The van der Waals surface area contributed by atoms with E-state index in [-0.39, 0.29) is 30.5 Å². The van der Waals surface area contributed by atoms with Crippen molar-refractivity contribution in [2.45, 2.75) is 6.92 Å². The maximum absolute atomic E-state index is 12.4. The average Bonchev–Trinajstić information content (AvgIpc) is 3.28. The molecule has 0 unspecified atom stereocenters. The number of rotatable bonds is 9.